The van der Waals surface area contributed by atoms with Gasteiger partial charge in [-0.15, -0.1) is 0 Å². The number of aryl methyl sites for hydroxylation is 1. The highest BCUT2D eigenvalue weighted by molar-refractivity contribution is 7.84. The number of nitrogens with two attached hydrogens (primary N) is 1. The Morgan fingerprint density at radius 2 is 1.97 bits per heavy atom. The number of methoxy groups -OCH3 is 1. The summed E-state index contributed by atoms with van der Waals surface area (Å²) in [4.78, 5) is 11.8. The Morgan fingerprint density at radius 1 is 1.21 bits per heavy atom. The Balaban J connectivity index is 1.65. The first-order valence-corrected chi connectivity index (χ1v) is 12.0. The van der Waals surface area contributed by atoms with Crippen molar-refractivity contribution in [1.29, 1.82) is 0 Å². The molecule has 2 N–H and O–H groups in total. The Hall–Kier alpha value is -1.60. The zero-order chi connectivity index (χ0) is 21.0. The van der Waals surface area contributed by atoms with E-state index in [1.54, 1.807) is 13.0 Å². The van der Waals surface area contributed by atoms with E-state index in [0.29, 0.717) is 41.6 Å². The normalized spacial score (nSPS) is 33.4. The van der Waals surface area contributed by atoms with E-state index in [0.717, 1.165) is 37.7 Å². The van der Waals surface area contributed by atoms with Crippen LogP contribution in [0.1, 0.15) is 69.4 Å². The quantitative estimate of drug-likeness (QED) is 0.781. The summed E-state index contributed by atoms with van der Waals surface area (Å²) in [6.45, 7) is 4.13. The number of hydrogen-bond acceptors (Lipinski definition) is 5. The van der Waals surface area contributed by atoms with Gasteiger partial charge in [0, 0.05) is 6.42 Å². The van der Waals surface area contributed by atoms with Crippen LogP contribution < -0.4 is 14.1 Å². The summed E-state index contributed by atoms with van der Waals surface area (Å²) in [5.74, 6) is 3.08. The summed E-state index contributed by atoms with van der Waals surface area (Å²) in [6.07, 6.45) is 7.28. The first kappa shape index (κ1) is 20.7. The van der Waals surface area contributed by atoms with E-state index in [4.69, 9.17) is 14.1 Å². The molecule has 0 saturated heterocycles. The summed E-state index contributed by atoms with van der Waals surface area (Å²) in [5, 5.41) is 5.06. The second kappa shape index (κ2) is 7.27. The average molecular weight is 422 g/mol. The third-order valence-corrected chi connectivity index (χ3v) is 8.36. The van der Waals surface area contributed by atoms with Crippen LogP contribution in [0.2, 0.25) is 0 Å². The Bertz CT molecular complexity index is 927. The lowest BCUT2D eigenvalue weighted by molar-refractivity contribution is -0.119. The van der Waals surface area contributed by atoms with Crippen LogP contribution in [0.5, 0.6) is 11.5 Å². The highest BCUT2D eigenvalue weighted by atomic mass is 32.2. The number of benzene rings is 1. The minimum absolute atomic E-state index is 0.162. The smallest absolute Gasteiger partial charge is 0.380 e. The van der Waals surface area contributed by atoms with E-state index in [1.807, 2.05) is 6.07 Å². The van der Waals surface area contributed by atoms with E-state index >= 15 is 0 Å². The topological polar surface area (TPSA) is 95.7 Å². The van der Waals surface area contributed by atoms with Gasteiger partial charge in [0.05, 0.1) is 7.11 Å². The van der Waals surface area contributed by atoms with Crippen molar-refractivity contribution in [3.05, 3.63) is 23.3 Å². The first-order chi connectivity index (χ1) is 13.6. The van der Waals surface area contributed by atoms with Crippen LogP contribution in [-0.2, 0) is 21.5 Å². The van der Waals surface area contributed by atoms with E-state index in [9.17, 15) is 13.2 Å². The highest BCUT2D eigenvalue weighted by Crippen LogP contribution is 2.64. The molecule has 3 unspecified atom stereocenters. The molecule has 6 nitrogen and oxygen atoms in total. The van der Waals surface area contributed by atoms with Crippen molar-refractivity contribution in [2.45, 2.75) is 64.7 Å². The number of carbonyl (C=O) groups excluding carboxylic acids is 1. The van der Waals surface area contributed by atoms with Gasteiger partial charge in [-0.2, -0.15) is 13.6 Å². The SMILES string of the molecule is COc1cc2c(cc1OS(N)(=O)=O)CCC1C2CC[C@@]2(C)C1CC[C@H]2CC(C)=O. The van der Waals surface area contributed by atoms with E-state index in [2.05, 4.69) is 6.92 Å². The van der Waals surface area contributed by atoms with Crippen molar-refractivity contribution in [2.24, 2.45) is 28.3 Å². The van der Waals surface area contributed by atoms with Gasteiger partial charge in [-0.25, -0.2) is 0 Å². The summed E-state index contributed by atoms with van der Waals surface area (Å²) < 4.78 is 33.2. The van der Waals surface area contributed by atoms with Crippen molar-refractivity contribution in [3.8, 4) is 11.5 Å². The molecule has 160 valence electrons. The molecule has 0 spiro atoms. The van der Waals surface area contributed by atoms with Crippen LogP contribution in [0, 0.1) is 23.2 Å². The van der Waals surface area contributed by atoms with Crippen LogP contribution in [0.25, 0.3) is 0 Å². The molecule has 2 saturated carbocycles. The van der Waals surface area contributed by atoms with E-state index < -0.39 is 10.3 Å². The number of Topliss-reactive ketones (excluding diaryl/α,β-unsaturated/α-hetero) is 1. The number of ketones is 1. The maximum Gasteiger partial charge on any atom is 0.380 e. The number of carbonyl (C=O) groups is 1. The first-order valence-electron chi connectivity index (χ1n) is 10.5. The molecule has 29 heavy (non-hydrogen) atoms. The molecule has 1 aromatic rings. The molecule has 0 bridgehead atoms. The van der Waals surface area contributed by atoms with Crippen molar-refractivity contribution >= 4 is 16.1 Å². The van der Waals surface area contributed by atoms with E-state index in [1.165, 1.54) is 19.1 Å². The van der Waals surface area contributed by atoms with Crippen LogP contribution in [-0.4, -0.2) is 21.3 Å². The second-order valence-electron chi connectivity index (χ2n) is 9.42. The molecule has 2 fully saturated rings. The highest BCUT2D eigenvalue weighted by Gasteiger charge is 2.54. The third-order valence-electron chi connectivity index (χ3n) is 7.95. The maximum atomic E-state index is 11.8. The van der Waals surface area contributed by atoms with Gasteiger partial charge in [0.1, 0.15) is 5.78 Å². The molecule has 0 aromatic heterocycles. The molecule has 7 heteroatoms. The molecule has 0 aliphatic heterocycles. The molecule has 1 aromatic carbocycles. The predicted molar refractivity (Wildman–Crippen MR) is 110 cm³/mol. The summed E-state index contributed by atoms with van der Waals surface area (Å²) in [6, 6.07) is 3.74. The summed E-state index contributed by atoms with van der Waals surface area (Å²) in [7, 11) is -2.59. The Kier molecular flexibility index (Phi) is 5.18. The monoisotopic (exact) mass is 421 g/mol. The van der Waals surface area contributed by atoms with Crippen LogP contribution in [0.3, 0.4) is 0 Å². The molecule has 0 amide bonds. The molecule has 5 atom stereocenters. The van der Waals surface area contributed by atoms with Crippen LogP contribution in [0.4, 0.5) is 0 Å². The lowest BCUT2D eigenvalue weighted by Crippen LogP contribution is -2.42. The largest absolute Gasteiger partial charge is 0.493 e. The number of rotatable bonds is 5. The number of hydrogen-bond donors (Lipinski definition) is 1. The van der Waals surface area contributed by atoms with Gasteiger partial charge in [-0.05, 0) is 97.8 Å². The van der Waals surface area contributed by atoms with Gasteiger partial charge in [0.25, 0.3) is 0 Å². The average Bonchev–Trinajstić information content (AvgIpc) is 2.95. The summed E-state index contributed by atoms with van der Waals surface area (Å²) in [5.41, 5.74) is 2.65. The molecule has 0 heterocycles. The van der Waals surface area contributed by atoms with Crippen molar-refractivity contribution in [2.75, 3.05) is 7.11 Å². The Labute approximate surface area is 173 Å². The molecular weight excluding hydrogens is 390 g/mol. The van der Waals surface area contributed by atoms with Gasteiger partial charge in [0.2, 0.25) is 0 Å². The fourth-order valence-corrected chi connectivity index (χ4v) is 7.10. The van der Waals surface area contributed by atoms with Gasteiger partial charge < -0.3 is 13.7 Å². The molecule has 4 rings (SSSR count). The van der Waals surface area contributed by atoms with Gasteiger partial charge in [0.15, 0.2) is 11.5 Å². The molecule has 3 aliphatic carbocycles. The van der Waals surface area contributed by atoms with Crippen molar-refractivity contribution in [1.82, 2.24) is 0 Å². The third kappa shape index (κ3) is 3.67. The second-order valence-corrected chi connectivity index (χ2v) is 10.6. The number of fused-ring (bicyclic) bond motifs is 5. The maximum absolute atomic E-state index is 11.8. The minimum Gasteiger partial charge on any atom is -0.493 e. The fraction of sp³-hybridized carbons (Fsp3) is 0.682. The van der Waals surface area contributed by atoms with Crippen LogP contribution >= 0.6 is 0 Å². The standard InChI is InChI=1S/C22H31NO5S/c1-13(24)10-15-5-7-19-17-6-4-14-11-21(28-29(23,25)26)20(27-3)12-18(14)16(17)8-9-22(15,19)2/h11-12,15-17,19H,4-10H2,1-3H3,(H2,23,25,26)/t15-,16?,17?,19?,22+/m0/s1. The molecule has 3 aliphatic rings. The van der Waals surface area contributed by atoms with Crippen molar-refractivity contribution in [3.63, 3.8) is 0 Å². The predicted octanol–water partition coefficient (Wildman–Crippen LogP) is 3.73. The Morgan fingerprint density at radius 3 is 2.62 bits per heavy atom. The molecule has 0 radical (unpaired) electrons. The van der Waals surface area contributed by atoms with Crippen molar-refractivity contribution < 1.29 is 22.1 Å². The minimum atomic E-state index is -4.10. The van der Waals surface area contributed by atoms with Gasteiger partial charge in [-0.3, -0.25) is 0 Å². The number of ether oxygens (including phenoxy) is 1. The lowest BCUT2D eigenvalue weighted by atomic mass is 9.54. The zero-order valence-electron chi connectivity index (χ0n) is 17.4. The zero-order valence-corrected chi connectivity index (χ0v) is 18.3. The van der Waals surface area contributed by atoms with E-state index in [-0.39, 0.29) is 11.2 Å². The van der Waals surface area contributed by atoms with Gasteiger partial charge in [-0.1, -0.05) is 6.92 Å². The van der Waals surface area contributed by atoms with Gasteiger partial charge >= 0.3 is 10.3 Å². The fourth-order valence-electron chi connectivity index (χ4n) is 6.72. The van der Waals surface area contributed by atoms with Crippen LogP contribution in [0.15, 0.2) is 12.1 Å². The lowest BCUT2D eigenvalue weighted by Gasteiger charge is -2.51. The summed E-state index contributed by atoms with van der Waals surface area (Å²) >= 11 is 0. The molecular formula is C22H31NO5S.